The molecule has 15 heteroatoms. The van der Waals surface area contributed by atoms with Gasteiger partial charge in [-0.25, -0.2) is 0 Å². The Morgan fingerprint density at radius 1 is 0.771 bits per heavy atom. The van der Waals surface area contributed by atoms with E-state index in [-0.39, 0.29) is 45.4 Å². The molecule has 2 rings (SSSR count). The molecule has 2 aromatic rings. The number of hydrogen-bond acceptors (Lipinski definition) is 13. The number of ether oxygens (including phenoxy) is 6. The largest absolute Gasteiger partial charge is 0.426 e. The van der Waals surface area contributed by atoms with Crippen LogP contribution in [0.5, 0.6) is 0 Å². The SMILES string of the molecule is CC.CC.CCCOCCNC(=O)CCOCCOCCOCCOCCC(=O)Nc1cc(C(=N)OC(C)=N)cc(-c2nnc(C)o2)c1.[HH].[HH]. The maximum Gasteiger partial charge on any atom is 0.247 e. The molecular weight excluding hydrogens is 624 g/mol. The van der Waals surface area contributed by atoms with Crippen LogP contribution in [0.15, 0.2) is 22.6 Å². The molecule has 0 fully saturated rings. The Kier molecular flexibility index (Phi) is 27.1. The van der Waals surface area contributed by atoms with Crippen molar-refractivity contribution >= 4 is 29.3 Å². The summed E-state index contributed by atoms with van der Waals surface area (Å²) in [6, 6.07) is 4.81. The first-order valence-corrected chi connectivity index (χ1v) is 16.5. The van der Waals surface area contributed by atoms with E-state index in [1.165, 1.54) is 6.92 Å². The van der Waals surface area contributed by atoms with Crippen molar-refractivity contribution in [3.8, 4) is 11.5 Å². The number of aryl methyl sites for hydroxylation is 1. The fourth-order valence-electron chi connectivity index (χ4n) is 3.49. The van der Waals surface area contributed by atoms with Gasteiger partial charge in [0.2, 0.25) is 29.5 Å². The molecule has 0 saturated carbocycles. The monoisotopic (exact) mass is 684 g/mol. The van der Waals surface area contributed by atoms with Crippen LogP contribution in [0.25, 0.3) is 11.5 Å². The summed E-state index contributed by atoms with van der Waals surface area (Å²) < 4.78 is 37.6. The van der Waals surface area contributed by atoms with E-state index in [0.29, 0.717) is 95.1 Å². The van der Waals surface area contributed by atoms with Crippen molar-refractivity contribution in [2.45, 2.75) is 67.7 Å². The van der Waals surface area contributed by atoms with Crippen molar-refractivity contribution in [2.24, 2.45) is 0 Å². The molecule has 0 saturated heterocycles. The van der Waals surface area contributed by atoms with Gasteiger partial charge in [0.25, 0.3) is 0 Å². The maximum absolute atomic E-state index is 12.5. The summed E-state index contributed by atoms with van der Waals surface area (Å²) in [7, 11) is 0. The molecule has 15 nitrogen and oxygen atoms in total. The minimum absolute atomic E-state index is 0. The van der Waals surface area contributed by atoms with Crippen LogP contribution < -0.4 is 10.6 Å². The van der Waals surface area contributed by atoms with Crippen LogP contribution >= 0.6 is 0 Å². The first kappa shape index (κ1) is 44.2. The highest BCUT2D eigenvalue weighted by Crippen LogP contribution is 2.25. The Bertz CT molecular complexity index is 1190. The van der Waals surface area contributed by atoms with Crippen molar-refractivity contribution in [1.82, 2.24) is 15.5 Å². The predicted octanol–water partition coefficient (Wildman–Crippen LogP) is 5.26. The molecule has 0 spiro atoms. The minimum atomic E-state index is -0.292. The van der Waals surface area contributed by atoms with Crippen LogP contribution in [0.2, 0.25) is 0 Å². The summed E-state index contributed by atoms with van der Waals surface area (Å²) >= 11 is 0. The molecule has 276 valence electrons. The third kappa shape index (κ3) is 21.9. The Balaban J connectivity index is -0.00000354. The molecule has 0 aliphatic rings. The van der Waals surface area contributed by atoms with Gasteiger partial charge < -0.3 is 43.5 Å². The second-order valence-corrected chi connectivity index (χ2v) is 9.37. The molecular formula is C33H60N6O9. The van der Waals surface area contributed by atoms with Crippen LogP contribution in [0.1, 0.15) is 75.1 Å². The van der Waals surface area contributed by atoms with E-state index in [1.54, 1.807) is 25.1 Å². The second kappa shape index (κ2) is 29.4. The Morgan fingerprint density at radius 2 is 1.31 bits per heavy atom. The molecule has 0 aliphatic heterocycles. The van der Waals surface area contributed by atoms with Crippen molar-refractivity contribution in [1.29, 1.82) is 10.8 Å². The molecule has 2 amide bonds. The summed E-state index contributed by atoms with van der Waals surface area (Å²) in [6.07, 6.45) is 1.35. The topological polar surface area (TPSA) is 200 Å². The van der Waals surface area contributed by atoms with Gasteiger partial charge in [0.05, 0.1) is 65.9 Å². The predicted molar refractivity (Wildman–Crippen MR) is 188 cm³/mol. The normalized spacial score (nSPS) is 10.2. The number of rotatable bonds is 23. The highest BCUT2D eigenvalue weighted by Gasteiger charge is 2.14. The number of aromatic nitrogens is 2. The number of benzene rings is 1. The number of hydrogen-bond donors (Lipinski definition) is 4. The van der Waals surface area contributed by atoms with Crippen LogP contribution in [0.3, 0.4) is 0 Å². The lowest BCUT2D eigenvalue weighted by molar-refractivity contribution is -0.122. The Morgan fingerprint density at radius 3 is 1.83 bits per heavy atom. The Labute approximate surface area is 287 Å². The highest BCUT2D eigenvalue weighted by atomic mass is 16.6. The van der Waals surface area contributed by atoms with Gasteiger partial charge in [-0.05, 0) is 24.6 Å². The van der Waals surface area contributed by atoms with Crippen LogP contribution in [-0.4, -0.2) is 106 Å². The van der Waals surface area contributed by atoms with Gasteiger partial charge in [0.1, 0.15) is 0 Å². The third-order valence-corrected chi connectivity index (χ3v) is 5.49. The quantitative estimate of drug-likeness (QED) is 0.0676. The van der Waals surface area contributed by atoms with Crippen LogP contribution in [0.4, 0.5) is 5.69 Å². The first-order valence-electron chi connectivity index (χ1n) is 16.5. The van der Waals surface area contributed by atoms with E-state index in [4.69, 9.17) is 43.7 Å². The van der Waals surface area contributed by atoms with Gasteiger partial charge in [-0.1, -0.05) is 34.6 Å². The van der Waals surface area contributed by atoms with Crippen LogP contribution in [0, 0.1) is 17.7 Å². The van der Waals surface area contributed by atoms with E-state index in [1.807, 2.05) is 34.6 Å². The van der Waals surface area contributed by atoms with E-state index in [0.717, 1.165) is 6.42 Å². The standard InChI is InChI=1S/C29H44N6O9.2C2H6.2H2/c1-4-8-38-11-7-32-26(36)5-9-39-12-14-41-16-17-42-15-13-40-10-6-27(37)33-25-19-23(28(31)43-21(2)30)18-24(20-25)29-35-34-22(3)44-29;2*1-2;;/h18-20,30-31H,4-17H2,1-3H3,(H,32,36)(H,33,37);2*1-2H3;2*1H. The van der Waals surface area contributed by atoms with Crippen molar-refractivity contribution in [2.75, 3.05) is 77.9 Å². The van der Waals surface area contributed by atoms with E-state index >= 15 is 0 Å². The fourth-order valence-corrected chi connectivity index (χ4v) is 3.49. The van der Waals surface area contributed by atoms with Gasteiger partial charge in [0.15, 0.2) is 5.90 Å². The lowest BCUT2D eigenvalue weighted by Gasteiger charge is -2.11. The fraction of sp³-hybridized carbons (Fsp3) is 0.636. The number of nitrogens with zero attached hydrogens (tertiary/aromatic N) is 2. The zero-order chi connectivity index (χ0) is 36.0. The molecule has 0 atom stereocenters. The van der Waals surface area contributed by atoms with Gasteiger partial charge in [0, 0.05) is 53.1 Å². The lowest BCUT2D eigenvalue weighted by Crippen LogP contribution is -2.28. The van der Waals surface area contributed by atoms with Crippen molar-refractivity contribution in [3.05, 3.63) is 29.7 Å². The Hall–Kier alpha value is -3.76. The van der Waals surface area contributed by atoms with Gasteiger partial charge >= 0.3 is 0 Å². The number of anilines is 1. The molecule has 0 radical (unpaired) electrons. The number of amides is 2. The molecule has 0 aliphatic carbocycles. The van der Waals surface area contributed by atoms with E-state index in [2.05, 4.69) is 20.8 Å². The maximum atomic E-state index is 12.5. The molecule has 48 heavy (non-hydrogen) atoms. The van der Waals surface area contributed by atoms with E-state index < -0.39 is 0 Å². The number of nitrogens with one attached hydrogen (secondary N) is 4. The first-order chi connectivity index (χ1) is 23.3. The number of carbonyl (C=O) groups excluding carboxylic acids is 2. The third-order valence-electron chi connectivity index (χ3n) is 5.49. The van der Waals surface area contributed by atoms with Gasteiger partial charge in [-0.3, -0.25) is 20.4 Å². The summed E-state index contributed by atoms with van der Waals surface area (Å²) in [5, 5.41) is 28.9. The highest BCUT2D eigenvalue weighted by molar-refractivity contribution is 6.01. The summed E-state index contributed by atoms with van der Waals surface area (Å²) in [5.74, 6) is -0.162. The smallest absolute Gasteiger partial charge is 0.247 e. The average molecular weight is 685 g/mol. The molecule has 1 aromatic carbocycles. The summed E-state index contributed by atoms with van der Waals surface area (Å²) in [4.78, 5) is 24.1. The summed E-state index contributed by atoms with van der Waals surface area (Å²) in [6.45, 7) is 17.6. The zero-order valence-electron chi connectivity index (χ0n) is 29.7. The minimum Gasteiger partial charge on any atom is -0.426 e. The van der Waals surface area contributed by atoms with E-state index in [9.17, 15) is 9.59 Å². The average Bonchev–Trinajstić information content (AvgIpc) is 3.52. The zero-order valence-corrected chi connectivity index (χ0v) is 29.7. The molecule has 0 unspecified atom stereocenters. The second-order valence-electron chi connectivity index (χ2n) is 9.37. The number of carbonyl (C=O) groups is 2. The van der Waals surface area contributed by atoms with Crippen molar-refractivity contribution in [3.63, 3.8) is 0 Å². The molecule has 1 aromatic heterocycles. The molecule has 4 N–H and O–H groups in total. The summed E-state index contributed by atoms with van der Waals surface area (Å²) in [5.41, 5.74) is 1.22. The molecule has 1 heterocycles. The van der Waals surface area contributed by atoms with Crippen molar-refractivity contribution < 1.29 is 45.3 Å². The van der Waals surface area contributed by atoms with Crippen LogP contribution in [-0.2, 0) is 38.0 Å². The lowest BCUT2D eigenvalue weighted by atomic mass is 10.1. The van der Waals surface area contributed by atoms with Gasteiger partial charge in [-0.2, -0.15) is 0 Å². The van der Waals surface area contributed by atoms with Gasteiger partial charge in [-0.15, -0.1) is 10.2 Å². The molecule has 0 bridgehead atoms.